The zero-order chi connectivity index (χ0) is 16.2. The number of sulfonamides is 1. The Hall–Kier alpha value is -1.90. The SMILES string of the molecule is CCOc1ccccc1C(=O)NCc1ccc(S(N)(=O)=O)s1. The van der Waals surface area contributed by atoms with Crippen LogP contribution in [0.4, 0.5) is 0 Å². The predicted molar refractivity (Wildman–Crippen MR) is 84.5 cm³/mol. The molecule has 22 heavy (non-hydrogen) atoms. The lowest BCUT2D eigenvalue weighted by Crippen LogP contribution is -2.23. The summed E-state index contributed by atoms with van der Waals surface area (Å²) in [5.41, 5.74) is 0.438. The van der Waals surface area contributed by atoms with Gasteiger partial charge in [-0.25, -0.2) is 13.6 Å². The summed E-state index contributed by atoms with van der Waals surface area (Å²) in [4.78, 5) is 12.9. The van der Waals surface area contributed by atoms with Gasteiger partial charge in [0.1, 0.15) is 9.96 Å². The molecule has 0 aliphatic carbocycles. The molecule has 0 bridgehead atoms. The molecule has 0 aliphatic rings. The molecular weight excluding hydrogens is 324 g/mol. The maximum absolute atomic E-state index is 12.2. The Morgan fingerprint density at radius 1 is 1.27 bits per heavy atom. The summed E-state index contributed by atoms with van der Waals surface area (Å²) in [6.07, 6.45) is 0. The molecule has 1 amide bonds. The van der Waals surface area contributed by atoms with Crippen molar-refractivity contribution in [3.8, 4) is 5.75 Å². The lowest BCUT2D eigenvalue weighted by Gasteiger charge is -2.09. The van der Waals surface area contributed by atoms with Crippen LogP contribution in [0, 0.1) is 0 Å². The van der Waals surface area contributed by atoms with E-state index in [1.54, 1.807) is 30.3 Å². The van der Waals surface area contributed by atoms with E-state index < -0.39 is 10.0 Å². The molecule has 6 nitrogen and oxygen atoms in total. The molecule has 8 heteroatoms. The summed E-state index contributed by atoms with van der Waals surface area (Å²) in [6, 6.07) is 9.99. The molecule has 1 aromatic carbocycles. The average Bonchev–Trinajstić information content (AvgIpc) is 2.95. The highest BCUT2D eigenvalue weighted by Gasteiger charge is 2.14. The van der Waals surface area contributed by atoms with Crippen LogP contribution in [0.1, 0.15) is 22.2 Å². The van der Waals surface area contributed by atoms with E-state index in [-0.39, 0.29) is 16.7 Å². The van der Waals surface area contributed by atoms with Crippen LogP contribution >= 0.6 is 11.3 Å². The summed E-state index contributed by atoms with van der Waals surface area (Å²) < 4.78 is 27.9. The van der Waals surface area contributed by atoms with Crippen LogP contribution in [0.2, 0.25) is 0 Å². The number of amides is 1. The number of carbonyl (C=O) groups excluding carboxylic acids is 1. The van der Waals surface area contributed by atoms with Crippen LogP contribution in [0.15, 0.2) is 40.6 Å². The molecule has 3 N–H and O–H groups in total. The van der Waals surface area contributed by atoms with Crippen LogP contribution in [-0.2, 0) is 16.6 Å². The minimum Gasteiger partial charge on any atom is -0.493 e. The molecule has 0 unspecified atom stereocenters. The topological polar surface area (TPSA) is 98.5 Å². The Kier molecular flexibility index (Phi) is 5.17. The van der Waals surface area contributed by atoms with Gasteiger partial charge in [-0.1, -0.05) is 12.1 Å². The summed E-state index contributed by atoms with van der Waals surface area (Å²) >= 11 is 1.03. The lowest BCUT2D eigenvalue weighted by molar-refractivity contribution is 0.0947. The highest BCUT2D eigenvalue weighted by Crippen LogP contribution is 2.21. The molecule has 118 valence electrons. The summed E-state index contributed by atoms with van der Waals surface area (Å²) in [7, 11) is -3.70. The minimum atomic E-state index is -3.70. The number of thiophene rings is 1. The second-order valence-corrected chi connectivity index (χ2v) is 7.33. The van der Waals surface area contributed by atoms with E-state index in [0.29, 0.717) is 22.8 Å². The van der Waals surface area contributed by atoms with Crippen LogP contribution < -0.4 is 15.2 Å². The Morgan fingerprint density at radius 3 is 2.64 bits per heavy atom. The van der Waals surface area contributed by atoms with E-state index in [9.17, 15) is 13.2 Å². The fourth-order valence-corrected chi connectivity index (χ4v) is 3.52. The maximum atomic E-state index is 12.2. The number of hydrogen-bond donors (Lipinski definition) is 2. The number of ether oxygens (including phenoxy) is 1. The van der Waals surface area contributed by atoms with E-state index >= 15 is 0 Å². The number of nitrogens with two attached hydrogens (primary N) is 1. The Morgan fingerprint density at radius 2 is 2.00 bits per heavy atom. The van der Waals surface area contributed by atoms with Crippen molar-refractivity contribution in [3.05, 3.63) is 46.8 Å². The van der Waals surface area contributed by atoms with Crippen molar-refractivity contribution in [3.63, 3.8) is 0 Å². The number of primary sulfonamides is 1. The number of para-hydroxylation sites is 1. The molecule has 1 heterocycles. The molecule has 0 saturated carbocycles. The van der Waals surface area contributed by atoms with Crippen LogP contribution in [0.5, 0.6) is 5.75 Å². The number of benzene rings is 1. The molecule has 0 atom stereocenters. The van der Waals surface area contributed by atoms with Crippen molar-refractivity contribution < 1.29 is 17.9 Å². The number of rotatable bonds is 6. The van der Waals surface area contributed by atoms with Crippen molar-refractivity contribution in [2.45, 2.75) is 17.7 Å². The summed E-state index contributed by atoms with van der Waals surface area (Å²) in [5.74, 6) is 0.230. The first-order chi connectivity index (χ1) is 10.4. The van der Waals surface area contributed by atoms with Gasteiger partial charge < -0.3 is 10.1 Å². The van der Waals surface area contributed by atoms with Gasteiger partial charge in [0.05, 0.1) is 18.7 Å². The van der Waals surface area contributed by atoms with Crippen LogP contribution in [0.25, 0.3) is 0 Å². The fourth-order valence-electron chi connectivity index (χ4n) is 1.80. The Labute approximate surface area is 133 Å². The van der Waals surface area contributed by atoms with Crippen LogP contribution in [0.3, 0.4) is 0 Å². The lowest BCUT2D eigenvalue weighted by atomic mass is 10.2. The second-order valence-electron chi connectivity index (χ2n) is 4.38. The molecule has 0 saturated heterocycles. The number of hydrogen-bond acceptors (Lipinski definition) is 5. The van der Waals surface area contributed by atoms with Gasteiger partial charge in [0.25, 0.3) is 5.91 Å². The zero-order valence-corrected chi connectivity index (χ0v) is 13.5. The van der Waals surface area contributed by atoms with Crippen LogP contribution in [-0.4, -0.2) is 20.9 Å². The van der Waals surface area contributed by atoms with Crippen molar-refractivity contribution in [2.75, 3.05) is 6.61 Å². The molecule has 0 radical (unpaired) electrons. The van der Waals surface area contributed by atoms with Gasteiger partial charge in [0.2, 0.25) is 10.0 Å². The number of nitrogens with one attached hydrogen (secondary N) is 1. The van der Waals surface area contributed by atoms with Gasteiger partial charge >= 0.3 is 0 Å². The third kappa shape index (κ3) is 4.06. The van der Waals surface area contributed by atoms with Gasteiger partial charge in [-0.3, -0.25) is 4.79 Å². The third-order valence-corrected chi connectivity index (χ3v) is 5.30. The molecule has 0 fully saturated rings. The van der Waals surface area contributed by atoms with Crippen molar-refractivity contribution in [1.82, 2.24) is 5.32 Å². The fraction of sp³-hybridized carbons (Fsp3) is 0.214. The van der Waals surface area contributed by atoms with E-state index in [0.717, 1.165) is 11.3 Å². The molecule has 0 aliphatic heterocycles. The first kappa shape index (κ1) is 16.5. The van der Waals surface area contributed by atoms with Crippen molar-refractivity contribution >= 4 is 27.3 Å². The summed E-state index contributed by atoms with van der Waals surface area (Å²) in [5, 5.41) is 7.78. The smallest absolute Gasteiger partial charge is 0.255 e. The predicted octanol–water partition coefficient (Wildman–Crippen LogP) is 1.72. The normalized spacial score (nSPS) is 11.2. The monoisotopic (exact) mass is 340 g/mol. The second kappa shape index (κ2) is 6.91. The Balaban J connectivity index is 2.06. The summed E-state index contributed by atoms with van der Waals surface area (Å²) in [6.45, 7) is 2.53. The van der Waals surface area contributed by atoms with Gasteiger partial charge in [0.15, 0.2) is 0 Å². The van der Waals surface area contributed by atoms with E-state index in [2.05, 4.69) is 5.32 Å². The van der Waals surface area contributed by atoms with Gasteiger partial charge in [0, 0.05) is 4.88 Å². The standard InChI is InChI=1S/C14H16N2O4S2/c1-2-20-12-6-4-3-5-11(12)14(17)16-9-10-7-8-13(21-10)22(15,18)19/h3-8H,2,9H2,1H3,(H,16,17)(H2,15,18,19). The van der Waals surface area contributed by atoms with Crippen molar-refractivity contribution in [2.24, 2.45) is 5.14 Å². The molecule has 0 spiro atoms. The zero-order valence-electron chi connectivity index (χ0n) is 11.9. The number of carbonyl (C=O) groups is 1. The molecule has 2 rings (SSSR count). The van der Waals surface area contributed by atoms with Crippen molar-refractivity contribution in [1.29, 1.82) is 0 Å². The highest BCUT2D eigenvalue weighted by atomic mass is 32.2. The molecule has 1 aromatic heterocycles. The largest absolute Gasteiger partial charge is 0.493 e. The van der Waals surface area contributed by atoms with Gasteiger partial charge in [-0.05, 0) is 31.2 Å². The quantitative estimate of drug-likeness (QED) is 0.836. The first-order valence-corrected chi connectivity index (χ1v) is 8.89. The highest BCUT2D eigenvalue weighted by molar-refractivity contribution is 7.91. The van der Waals surface area contributed by atoms with E-state index in [4.69, 9.17) is 9.88 Å². The average molecular weight is 340 g/mol. The molecule has 2 aromatic rings. The van der Waals surface area contributed by atoms with E-state index in [1.807, 2.05) is 6.92 Å². The minimum absolute atomic E-state index is 0.0754. The first-order valence-electron chi connectivity index (χ1n) is 6.53. The maximum Gasteiger partial charge on any atom is 0.255 e. The van der Waals surface area contributed by atoms with Gasteiger partial charge in [-0.2, -0.15) is 0 Å². The Bertz CT molecular complexity index is 769. The van der Waals surface area contributed by atoms with E-state index in [1.165, 1.54) is 6.07 Å². The third-order valence-electron chi connectivity index (χ3n) is 2.77. The molecular formula is C14H16N2O4S2. The van der Waals surface area contributed by atoms with Gasteiger partial charge in [-0.15, -0.1) is 11.3 Å².